The number of halogens is 3. The number of carbonyl (C=O) groups excluding carboxylic acids is 2. The molecule has 2 N–H and O–H groups in total. The zero-order valence-electron chi connectivity index (χ0n) is 13.2. The van der Waals surface area contributed by atoms with Crippen LogP contribution in [0.15, 0.2) is 24.4 Å². The molecule has 0 saturated heterocycles. The molecular weight excluding hydrogens is 343 g/mol. The van der Waals surface area contributed by atoms with Crippen molar-refractivity contribution in [3.05, 3.63) is 35.7 Å². The van der Waals surface area contributed by atoms with E-state index in [-0.39, 0.29) is 28.9 Å². The van der Waals surface area contributed by atoms with E-state index in [4.69, 9.17) is 0 Å². The summed E-state index contributed by atoms with van der Waals surface area (Å²) in [5.41, 5.74) is 0.332. The van der Waals surface area contributed by atoms with Crippen molar-refractivity contribution in [3.8, 4) is 5.88 Å². The summed E-state index contributed by atoms with van der Waals surface area (Å²) in [5, 5.41) is 8.87. The number of aryl methyl sites for hydroxylation is 1. The molecule has 0 aliphatic heterocycles. The summed E-state index contributed by atoms with van der Waals surface area (Å²) in [4.78, 5) is 27.3. The highest BCUT2D eigenvalue weighted by Crippen LogP contribution is 2.17. The van der Waals surface area contributed by atoms with Crippen LogP contribution in [0.3, 0.4) is 0 Å². The van der Waals surface area contributed by atoms with Gasteiger partial charge in [-0.25, -0.2) is 4.98 Å². The second-order valence-corrected chi connectivity index (χ2v) is 4.86. The Morgan fingerprint density at radius 2 is 2.00 bits per heavy atom. The van der Waals surface area contributed by atoms with Crippen molar-refractivity contribution >= 4 is 17.6 Å². The summed E-state index contributed by atoms with van der Waals surface area (Å²) in [7, 11) is 3.00. The molecule has 2 heterocycles. The van der Waals surface area contributed by atoms with Gasteiger partial charge in [0, 0.05) is 32.4 Å². The zero-order valence-corrected chi connectivity index (χ0v) is 13.2. The van der Waals surface area contributed by atoms with E-state index in [1.807, 2.05) is 0 Å². The molecule has 2 aromatic heterocycles. The van der Waals surface area contributed by atoms with E-state index >= 15 is 0 Å². The van der Waals surface area contributed by atoms with E-state index in [0.717, 1.165) is 12.3 Å². The quantitative estimate of drug-likeness (QED) is 0.842. The highest BCUT2D eigenvalue weighted by Gasteiger charge is 2.28. The molecule has 8 nitrogen and oxygen atoms in total. The van der Waals surface area contributed by atoms with Gasteiger partial charge in [0.15, 0.2) is 12.4 Å². The standard InChI is InChI=1S/C14H14F3N5O3/c1-18-13(24)9-5-10(21-22(9)2)20-12(23)8-3-4-11(19-6-8)25-7-14(15,16)17/h3-6H,7H2,1-2H3,(H,18,24)(H,20,21,23). The Bertz CT molecular complexity index is 771. The Labute approximate surface area is 140 Å². The van der Waals surface area contributed by atoms with Gasteiger partial charge in [0.05, 0.1) is 5.56 Å². The van der Waals surface area contributed by atoms with Crippen molar-refractivity contribution in [1.82, 2.24) is 20.1 Å². The lowest BCUT2D eigenvalue weighted by atomic mass is 10.2. The van der Waals surface area contributed by atoms with E-state index in [1.165, 1.54) is 30.9 Å². The summed E-state index contributed by atoms with van der Waals surface area (Å²) < 4.78 is 41.9. The first-order chi connectivity index (χ1) is 11.7. The number of hydrogen-bond acceptors (Lipinski definition) is 5. The van der Waals surface area contributed by atoms with Crippen molar-refractivity contribution in [2.24, 2.45) is 7.05 Å². The Morgan fingerprint density at radius 1 is 1.28 bits per heavy atom. The van der Waals surface area contributed by atoms with Crippen LogP contribution in [-0.4, -0.2) is 46.4 Å². The second-order valence-electron chi connectivity index (χ2n) is 4.86. The van der Waals surface area contributed by atoms with E-state index in [1.54, 1.807) is 0 Å². The van der Waals surface area contributed by atoms with Crippen LogP contribution in [-0.2, 0) is 7.05 Å². The van der Waals surface area contributed by atoms with Crippen LogP contribution in [0.5, 0.6) is 5.88 Å². The van der Waals surface area contributed by atoms with Gasteiger partial charge in [-0.3, -0.25) is 14.3 Å². The van der Waals surface area contributed by atoms with E-state index < -0.39 is 18.7 Å². The predicted molar refractivity (Wildman–Crippen MR) is 80.3 cm³/mol. The van der Waals surface area contributed by atoms with Crippen LogP contribution in [0.2, 0.25) is 0 Å². The number of anilines is 1. The van der Waals surface area contributed by atoms with Crippen LogP contribution in [0.25, 0.3) is 0 Å². The Kier molecular flexibility index (Phi) is 5.25. The minimum Gasteiger partial charge on any atom is -0.468 e. The number of aromatic nitrogens is 3. The number of alkyl halides is 3. The molecule has 2 rings (SSSR count). The van der Waals surface area contributed by atoms with Crippen molar-refractivity contribution in [1.29, 1.82) is 0 Å². The third-order valence-electron chi connectivity index (χ3n) is 2.96. The molecule has 0 saturated carbocycles. The second kappa shape index (κ2) is 7.20. The first-order valence-corrected chi connectivity index (χ1v) is 6.92. The van der Waals surface area contributed by atoms with Gasteiger partial charge in [0.25, 0.3) is 11.8 Å². The SMILES string of the molecule is CNC(=O)c1cc(NC(=O)c2ccc(OCC(F)(F)F)nc2)nn1C. The number of nitrogens with zero attached hydrogens (tertiary/aromatic N) is 3. The average molecular weight is 357 g/mol. The number of amides is 2. The maximum atomic E-state index is 12.1. The van der Waals surface area contributed by atoms with Gasteiger partial charge < -0.3 is 15.4 Å². The highest BCUT2D eigenvalue weighted by atomic mass is 19.4. The molecule has 0 bridgehead atoms. The Morgan fingerprint density at radius 3 is 2.56 bits per heavy atom. The first-order valence-electron chi connectivity index (χ1n) is 6.92. The number of ether oxygens (including phenoxy) is 1. The molecule has 0 aliphatic carbocycles. The monoisotopic (exact) mass is 357 g/mol. The van der Waals surface area contributed by atoms with Crippen LogP contribution in [0, 0.1) is 0 Å². The first kappa shape index (κ1) is 18.2. The normalized spacial score (nSPS) is 11.1. The fourth-order valence-electron chi connectivity index (χ4n) is 1.81. The molecule has 11 heteroatoms. The van der Waals surface area contributed by atoms with Gasteiger partial charge in [0.1, 0.15) is 5.69 Å². The molecule has 0 radical (unpaired) electrons. The fraction of sp³-hybridized carbons (Fsp3) is 0.286. The lowest BCUT2D eigenvalue weighted by Gasteiger charge is -2.08. The molecule has 0 spiro atoms. The zero-order chi connectivity index (χ0) is 18.6. The molecule has 25 heavy (non-hydrogen) atoms. The number of pyridine rings is 1. The summed E-state index contributed by atoms with van der Waals surface area (Å²) >= 11 is 0. The topological polar surface area (TPSA) is 98.1 Å². The largest absolute Gasteiger partial charge is 0.468 e. The molecule has 0 aromatic carbocycles. The lowest BCUT2D eigenvalue weighted by molar-refractivity contribution is -0.154. The highest BCUT2D eigenvalue weighted by molar-refractivity contribution is 6.04. The number of hydrogen-bond donors (Lipinski definition) is 2. The summed E-state index contributed by atoms with van der Waals surface area (Å²) in [6.07, 6.45) is -3.40. The molecule has 2 aromatic rings. The van der Waals surface area contributed by atoms with Crippen molar-refractivity contribution in [3.63, 3.8) is 0 Å². The van der Waals surface area contributed by atoms with Gasteiger partial charge in [-0.1, -0.05) is 0 Å². The maximum Gasteiger partial charge on any atom is 0.422 e. The van der Waals surface area contributed by atoms with Gasteiger partial charge in [-0.05, 0) is 6.07 Å². The van der Waals surface area contributed by atoms with Crippen LogP contribution >= 0.6 is 0 Å². The fourth-order valence-corrected chi connectivity index (χ4v) is 1.81. The minimum absolute atomic E-state index is 0.0894. The molecule has 2 amide bonds. The van der Waals surface area contributed by atoms with Gasteiger partial charge in [0.2, 0.25) is 5.88 Å². The Balaban J connectivity index is 2.02. The number of rotatable bonds is 5. The third-order valence-corrected chi connectivity index (χ3v) is 2.96. The van der Waals surface area contributed by atoms with Crippen molar-refractivity contribution < 1.29 is 27.5 Å². The predicted octanol–water partition coefficient (Wildman–Crippen LogP) is 1.37. The smallest absolute Gasteiger partial charge is 0.422 e. The summed E-state index contributed by atoms with van der Waals surface area (Å²) in [6.45, 7) is -1.47. The average Bonchev–Trinajstić information content (AvgIpc) is 2.92. The van der Waals surface area contributed by atoms with Gasteiger partial charge in [-0.2, -0.15) is 18.3 Å². The molecular formula is C14H14F3N5O3. The van der Waals surface area contributed by atoms with E-state index in [0.29, 0.717) is 0 Å². The summed E-state index contributed by atoms with van der Waals surface area (Å²) in [5.74, 6) is -1.07. The number of nitrogens with one attached hydrogen (secondary N) is 2. The third kappa shape index (κ3) is 4.93. The Hall–Kier alpha value is -3.11. The number of carbonyl (C=O) groups is 2. The van der Waals surface area contributed by atoms with E-state index in [9.17, 15) is 22.8 Å². The molecule has 0 aliphatic rings. The van der Waals surface area contributed by atoms with Crippen LogP contribution in [0.1, 0.15) is 20.8 Å². The molecule has 0 unspecified atom stereocenters. The van der Waals surface area contributed by atoms with Gasteiger partial charge >= 0.3 is 6.18 Å². The molecule has 134 valence electrons. The van der Waals surface area contributed by atoms with Crippen LogP contribution < -0.4 is 15.4 Å². The van der Waals surface area contributed by atoms with Crippen molar-refractivity contribution in [2.75, 3.05) is 19.0 Å². The summed E-state index contributed by atoms with van der Waals surface area (Å²) in [6, 6.07) is 3.79. The van der Waals surface area contributed by atoms with Gasteiger partial charge in [-0.15, -0.1) is 0 Å². The molecule has 0 fully saturated rings. The molecule has 0 atom stereocenters. The lowest BCUT2D eigenvalue weighted by Crippen LogP contribution is -2.20. The van der Waals surface area contributed by atoms with Crippen molar-refractivity contribution in [2.45, 2.75) is 6.18 Å². The van der Waals surface area contributed by atoms with Crippen LogP contribution in [0.4, 0.5) is 19.0 Å². The minimum atomic E-state index is -4.47. The van der Waals surface area contributed by atoms with E-state index in [2.05, 4.69) is 25.5 Å². The maximum absolute atomic E-state index is 12.1.